The van der Waals surface area contributed by atoms with E-state index in [0.29, 0.717) is 19.5 Å². The Bertz CT molecular complexity index is 316. The fourth-order valence-corrected chi connectivity index (χ4v) is 2.13. The first-order valence-electron chi connectivity index (χ1n) is 6.43. The van der Waals surface area contributed by atoms with Gasteiger partial charge in [-0.25, -0.2) is 9.18 Å². The maximum absolute atomic E-state index is 13.0. The molecule has 0 aliphatic carbocycles. The van der Waals surface area contributed by atoms with E-state index in [1.165, 1.54) is 11.0 Å². The first-order chi connectivity index (χ1) is 8.75. The number of morpholine rings is 1. The fraction of sp³-hybridized carbons (Fsp3) is 0.750. The molecule has 0 unspecified atom stereocenters. The van der Waals surface area contributed by atoms with E-state index >= 15 is 0 Å². The van der Waals surface area contributed by atoms with Crippen LogP contribution in [-0.4, -0.2) is 68.3 Å². The monoisotopic (exact) mass is 257 g/mol. The highest BCUT2D eigenvalue weighted by molar-refractivity contribution is 5.74. The molecule has 0 aromatic rings. The van der Waals surface area contributed by atoms with Gasteiger partial charge in [0.15, 0.2) is 0 Å². The molecule has 0 spiro atoms. The van der Waals surface area contributed by atoms with Gasteiger partial charge in [-0.1, -0.05) is 0 Å². The van der Waals surface area contributed by atoms with Crippen LogP contribution in [0.4, 0.5) is 9.18 Å². The van der Waals surface area contributed by atoms with Crippen LogP contribution in [0.3, 0.4) is 0 Å². The average molecular weight is 257 g/mol. The van der Waals surface area contributed by atoms with Crippen molar-refractivity contribution in [1.82, 2.24) is 15.1 Å². The molecule has 18 heavy (non-hydrogen) atoms. The Hall–Kier alpha value is -1.14. The minimum absolute atomic E-state index is 0.101. The van der Waals surface area contributed by atoms with Crippen LogP contribution >= 0.6 is 0 Å². The maximum Gasteiger partial charge on any atom is 0.317 e. The standard InChI is InChI=1S/C12H20FN3O2/c13-11-2-1-4-16(10-11)12(17)14-3-5-15-6-8-18-9-7-15/h2H,1,3-10H2,(H,14,17). The van der Waals surface area contributed by atoms with Gasteiger partial charge >= 0.3 is 6.03 Å². The fourth-order valence-electron chi connectivity index (χ4n) is 2.13. The molecule has 0 aromatic carbocycles. The highest BCUT2D eigenvalue weighted by Gasteiger charge is 2.18. The molecule has 2 aliphatic heterocycles. The number of carbonyl (C=O) groups is 1. The zero-order chi connectivity index (χ0) is 12.8. The molecule has 0 atom stereocenters. The molecule has 5 nitrogen and oxygen atoms in total. The van der Waals surface area contributed by atoms with E-state index < -0.39 is 0 Å². The lowest BCUT2D eigenvalue weighted by Crippen LogP contribution is -2.46. The van der Waals surface area contributed by atoms with Gasteiger partial charge in [0, 0.05) is 32.7 Å². The van der Waals surface area contributed by atoms with Crippen LogP contribution in [0, 0.1) is 0 Å². The highest BCUT2D eigenvalue weighted by Crippen LogP contribution is 2.10. The highest BCUT2D eigenvalue weighted by atomic mass is 19.1. The smallest absolute Gasteiger partial charge is 0.317 e. The van der Waals surface area contributed by atoms with Crippen LogP contribution in [0.1, 0.15) is 6.42 Å². The molecule has 2 heterocycles. The van der Waals surface area contributed by atoms with Gasteiger partial charge in [-0.2, -0.15) is 0 Å². The van der Waals surface area contributed by atoms with Gasteiger partial charge in [-0.05, 0) is 12.5 Å². The van der Waals surface area contributed by atoms with Crippen LogP contribution in [0.25, 0.3) is 0 Å². The molecule has 0 bridgehead atoms. The summed E-state index contributed by atoms with van der Waals surface area (Å²) < 4.78 is 18.3. The van der Waals surface area contributed by atoms with Crippen LogP contribution in [-0.2, 0) is 4.74 Å². The molecule has 102 valence electrons. The molecule has 6 heteroatoms. The minimum atomic E-state index is -0.218. The maximum atomic E-state index is 13.0. The summed E-state index contributed by atoms with van der Waals surface area (Å²) in [6.45, 7) is 5.46. The van der Waals surface area contributed by atoms with Gasteiger partial charge < -0.3 is 15.0 Å². The van der Waals surface area contributed by atoms with Gasteiger partial charge in [0.05, 0.1) is 19.8 Å². The van der Waals surface area contributed by atoms with Crippen molar-refractivity contribution in [3.63, 3.8) is 0 Å². The van der Waals surface area contributed by atoms with E-state index in [4.69, 9.17) is 4.74 Å². The SMILES string of the molecule is O=C(NCCN1CCOCC1)N1CCC=C(F)C1. The minimum Gasteiger partial charge on any atom is -0.379 e. The first-order valence-corrected chi connectivity index (χ1v) is 6.43. The molecular formula is C12H20FN3O2. The van der Waals surface area contributed by atoms with Crippen LogP contribution in [0.15, 0.2) is 11.9 Å². The molecule has 0 aromatic heterocycles. The van der Waals surface area contributed by atoms with E-state index in [1.807, 2.05) is 0 Å². The van der Waals surface area contributed by atoms with E-state index in [-0.39, 0.29) is 18.4 Å². The summed E-state index contributed by atoms with van der Waals surface area (Å²) in [5.74, 6) is -0.218. The second-order valence-electron chi connectivity index (χ2n) is 4.55. The summed E-state index contributed by atoms with van der Waals surface area (Å²) in [6.07, 6.45) is 2.14. The van der Waals surface area contributed by atoms with Crippen molar-refractivity contribution in [3.8, 4) is 0 Å². The number of carbonyl (C=O) groups excluding carboxylic acids is 1. The van der Waals surface area contributed by atoms with Gasteiger partial charge in [-0.15, -0.1) is 0 Å². The quantitative estimate of drug-likeness (QED) is 0.804. The Morgan fingerprint density at radius 3 is 2.89 bits per heavy atom. The molecule has 2 aliphatic rings. The number of hydrogen-bond acceptors (Lipinski definition) is 3. The van der Waals surface area contributed by atoms with Gasteiger partial charge in [0.2, 0.25) is 0 Å². The predicted octanol–water partition coefficient (Wildman–Crippen LogP) is 0.587. The Morgan fingerprint density at radius 1 is 1.39 bits per heavy atom. The number of ether oxygens (including phenoxy) is 1. The number of nitrogens with one attached hydrogen (secondary N) is 1. The predicted molar refractivity (Wildman–Crippen MR) is 66.0 cm³/mol. The summed E-state index contributed by atoms with van der Waals surface area (Å²) >= 11 is 0. The van der Waals surface area contributed by atoms with Crippen molar-refractivity contribution in [2.75, 3.05) is 52.5 Å². The van der Waals surface area contributed by atoms with Gasteiger partial charge in [0.1, 0.15) is 5.83 Å². The summed E-state index contributed by atoms with van der Waals surface area (Å²) in [4.78, 5) is 15.5. The molecule has 1 fully saturated rings. The van der Waals surface area contributed by atoms with Crippen molar-refractivity contribution in [3.05, 3.63) is 11.9 Å². The second kappa shape index (κ2) is 6.70. The summed E-state index contributed by atoms with van der Waals surface area (Å²) in [6, 6.07) is -0.175. The summed E-state index contributed by atoms with van der Waals surface area (Å²) in [5.41, 5.74) is 0. The molecule has 1 saturated heterocycles. The number of rotatable bonds is 3. The summed E-state index contributed by atoms with van der Waals surface area (Å²) in [7, 11) is 0. The van der Waals surface area contributed by atoms with E-state index in [2.05, 4.69) is 10.2 Å². The van der Waals surface area contributed by atoms with E-state index in [0.717, 1.165) is 32.8 Å². The van der Waals surface area contributed by atoms with Crippen molar-refractivity contribution in [2.24, 2.45) is 0 Å². The average Bonchev–Trinajstić information content (AvgIpc) is 2.40. The molecule has 2 amide bonds. The molecular weight excluding hydrogens is 237 g/mol. The third-order valence-electron chi connectivity index (χ3n) is 3.20. The van der Waals surface area contributed by atoms with Crippen molar-refractivity contribution in [2.45, 2.75) is 6.42 Å². The van der Waals surface area contributed by atoms with Crippen LogP contribution in [0.2, 0.25) is 0 Å². The Labute approximate surface area is 107 Å². The molecule has 1 N–H and O–H groups in total. The number of hydrogen-bond donors (Lipinski definition) is 1. The van der Waals surface area contributed by atoms with Crippen molar-refractivity contribution >= 4 is 6.03 Å². The number of halogens is 1. The molecule has 2 rings (SSSR count). The van der Waals surface area contributed by atoms with E-state index in [1.54, 1.807) is 0 Å². The van der Waals surface area contributed by atoms with Crippen LogP contribution < -0.4 is 5.32 Å². The number of urea groups is 1. The number of amides is 2. The van der Waals surface area contributed by atoms with Crippen LogP contribution in [0.5, 0.6) is 0 Å². The van der Waals surface area contributed by atoms with Gasteiger partial charge in [-0.3, -0.25) is 4.90 Å². The third-order valence-corrected chi connectivity index (χ3v) is 3.20. The Kier molecular flexibility index (Phi) is 4.95. The Morgan fingerprint density at radius 2 is 2.17 bits per heavy atom. The lowest BCUT2D eigenvalue weighted by Gasteiger charge is -2.28. The zero-order valence-corrected chi connectivity index (χ0v) is 10.5. The first kappa shape index (κ1) is 13.3. The van der Waals surface area contributed by atoms with E-state index in [9.17, 15) is 9.18 Å². The number of nitrogens with zero attached hydrogens (tertiary/aromatic N) is 2. The largest absolute Gasteiger partial charge is 0.379 e. The lowest BCUT2D eigenvalue weighted by molar-refractivity contribution is 0.0386. The van der Waals surface area contributed by atoms with Crippen molar-refractivity contribution in [1.29, 1.82) is 0 Å². The van der Waals surface area contributed by atoms with Gasteiger partial charge in [0.25, 0.3) is 0 Å². The topological polar surface area (TPSA) is 44.8 Å². The molecule has 0 saturated carbocycles. The second-order valence-corrected chi connectivity index (χ2v) is 4.55. The lowest BCUT2D eigenvalue weighted by atomic mass is 10.2. The summed E-state index contributed by atoms with van der Waals surface area (Å²) in [5, 5.41) is 2.83. The van der Waals surface area contributed by atoms with Crippen molar-refractivity contribution < 1.29 is 13.9 Å². The molecule has 0 radical (unpaired) electrons. The zero-order valence-electron chi connectivity index (χ0n) is 10.5. The normalized spacial score (nSPS) is 21.6. The Balaban J connectivity index is 1.63. The third kappa shape index (κ3) is 3.96.